The zero-order valence-electron chi connectivity index (χ0n) is 9.19. The summed E-state index contributed by atoms with van der Waals surface area (Å²) in [6, 6.07) is 1.76. The molecule has 1 aromatic rings. The Morgan fingerprint density at radius 1 is 1.41 bits per heavy atom. The number of likely N-dealkylation sites (tertiary alicyclic amines) is 1. The highest BCUT2D eigenvalue weighted by Gasteiger charge is 2.39. The van der Waals surface area contributed by atoms with Gasteiger partial charge in [0.1, 0.15) is 0 Å². The van der Waals surface area contributed by atoms with Crippen LogP contribution < -0.4 is 5.32 Å². The number of rotatable bonds is 1. The van der Waals surface area contributed by atoms with E-state index in [1.165, 1.54) is 6.26 Å². The van der Waals surface area contributed by atoms with Crippen molar-refractivity contribution in [3.8, 4) is 0 Å². The maximum atomic E-state index is 12.1. The van der Waals surface area contributed by atoms with Crippen LogP contribution in [-0.2, 0) is 0 Å². The number of halogens is 2. The number of nitrogens with one attached hydrogen (secondary N) is 1. The molecule has 0 radical (unpaired) electrons. The number of fused-ring (bicyclic) bond motifs is 1. The molecular formula is C11H14BrClN2O2. The summed E-state index contributed by atoms with van der Waals surface area (Å²) in [5, 5.41) is 3.36. The van der Waals surface area contributed by atoms with Gasteiger partial charge >= 0.3 is 0 Å². The number of amides is 1. The molecule has 2 aliphatic rings. The number of nitrogens with zero attached hydrogens (tertiary/aromatic N) is 1. The molecule has 2 fully saturated rings. The third-order valence-electron chi connectivity index (χ3n) is 3.49. The van der Waals surface area contributed by atoms with Crippen molar-refractivity contribution in [2.24, 2.45) is 11.8 Å². The van der Waals surface area contributed by atoms with Crippen molar-refractivity contribution in [3.05, 3.63) is 22.6 Å². The first-order valence-electron chi connectivity index (χ1n) is 5.48. The quantitative estimate of drug-likeness (QED) is 0.857. The predicted octanol–water partition coefficient (Wildman–Crippen LogP) is 1.76. The summed E-state index contributed by atoms with van der Waals surface area (Å²) in [5.74, 6) is 1.68. The Balaban J connectivity index is 0.00000108. The molecule has 0 bridgehead atoms. The van der Waals surface area contributed by atoms with Crippen molar-refractivity contribution in [1.82, 2.24) is 10.2 Å². The van der Waals surface area contributed by atoms with Crippen LogP contribution in [0.25, 0.3) is 0 Å². The minimum absolute atomic E-state index is 0. The minimum atomic E-state index is 0. The van der Waals surface area contributed by atoms with Gasteiger partial charge in [0.05, 0.1) is 10.7 Å². The van der Waals surface area contributed by atoms with Gasteiger partial charge in [-0.15, -0.1) is 12.4 Å². The van der Waals surface area contributed by atoms with E-state index >= 15 is 0 Å². The molecule has 4 nitrogen and oxygen atoms in total. The maximum absolute atomic E-state index is 12.1. The van der Waals surface area contributed by atoms with Crippen LogP contribution in [0.5, 0.6) is 0 Å². The van der Waals surface area contributed by atoms with Gasteiger partial charge in [-0.05, 0) is 33.8 Å². The third-order valence-corrected chi connectivity index (χ3v) is 4.11. The van der Waals surface area contributed by atoms with Gasteiger partial charge in [-0.1, -0.05) is 0 Å². The normalized spacial score (nSPS) is 26.8. The SMILES string of the molecule is Cl.O=C(c1occc1Br)N1C[C@H]2CNC[C@H]2C1. The topological polar surface area (TPSA) is 45.5 Å². The third kappa shape index (κ3) is 2.23. The van der Waals surface area contributed by atoms with Gasteiger partial charge < -0.3 is 14.6 Å². The highest BCUT2D eigenvalue weighted by molar-refractivity contribution is 9.10. The Bertz CT molecular complexity index is 411. The first-order valence-corrected chi connectivity index (χ1v) is 6.28. The van der Waals surface area contributed by atoms with Crippen LogP contribution in [0.3, 0.4) is 0 Å². The van der Waals surface area contributed by atoms with Crippen molar-refractivity contribution >= 4 is 34.2 Å². The second-order valence-electron chi connectivity index (χ2n) is 4.49. The van der Waals surface area contributed by atoms with Crippen LogP contribution in [0.4, 0.5) is 0 Å². The Kier molecular flexibility index (Phi) is 3.80. The molecule has 0 unspecified atom stereocenters. The van der Waals surface area contributed by atoms with E-state index in [9.17, 15) is 4.79 Å². The van der Waals surface area contributed by atoms with Crippen molar-refractivity contribution in [3.63, 3.8) is 0 Å². The molecule has 1 N–H and O–H groups in total. The summed E-state index contributed by atoms with van der Waals surface area (Å²) in [6.45, 7) is 3.77. The van der Waals surface area contributed by atoms with Crippen molar-refractivity contribution in [1.29, 1.82) is 0 Å². The Morgan fingerprint density at radius 2 is 2.06 bits per heavy atom. The molecule has 6 heteroatoms. The van der Waals surface area contributed by atoms with E-state index in [4.69, 9.17) is 4.42 Å². The molecule has 0 saturated carbocycles. The molecule has 0 aromatic carbocycles. The van der Waals surface area contributed by atoms with Gasteiger partial charge in [0.2, 0.25) is 5.76 Å². The molecule has 1 amide bonds. The maximum Gasteiger partial charge on any atom is 0.290 e. The fourth-order valence-corrected chi connectivity index (χ4v) is 2.98. The average molecular weight is 322 g/mol. The van der Waals surface area contributed by atoms with E-state index < -0.39 is 0 Å². The summed E-state index contributed by atoms with van der Waals surface area (Å²) in [5.41, 5.74) is 0. The van der Waals surface area contributed by atoms with E-state index in [1.54, 1.807) is 6.07 Å². The highest BCUT2D eigenvalue weighted by Crippen LogP contribution is 2.29. The second kappa shape index (κ2) is 5.00. The van der Waals surface area contributed by atoms with Crippen LogP contribution in [0, 0.1) is 11.8 Å². The van der Waals surface area contributed by atoms with E-state index in [-0.39, 0.29) is 18.3 Å². The second-order valence-corrected chi connectivity index (χ2v) is 5.34. The Hall–Kier alpha value is -0.520. The van der Waals surface area contributed by atoms with Gasteiger partial charge in [-0.2, -0.15) is 0 Å². The van der Waals surface area contributed by atoms with Crippen molar-refractivity contribution in [2.75, 3.05) is 26.2 Å². The van der Waals surface area contributed by atoms with E-state index in [0.717, 1.165) is 30.7 Å². The minimum Gasteiger partial charge on any atom is -0.458 e. The lowest BCUT2D eigenvalue weighted by Gasteiger charge is -2.16. The van der Waals surface area contributed by atoms with Gasteiger partial charge in [-0.25, -0.2) is 0 Å². The predicted molar refractivity (Wildman–Crippen MR) is 69.4 cm³/mol. The molecule has 0 spiro atoms. The molecule has 3 rings (SSSR count). The van der Waals surface area contributed by atoms with Crippen LogP contribution in [0.1, 0.15) is 10.6 Å². The number of hydrogen-bond donors (Lipinski definition) is 1. The molecule has 2 saturated heterocycles. The monoisotopic (exact) mass is 320 g/mol. The summed E-state index contributed by atoms with van der Waals surface area (Å²) in [6.07, 6.45) is 1.54. The van der Waals surface area contributed by atoms with Crippen LogP contribution in [-0.4, -0.2) is 37.0 Å². The lowest BCUT2D eigenvalue weighted by Crippen LogP contribution is -2.31. The number of furan rings is 1. The zero-order valence-corrected chi connectivity index (χ0v) is 11.6. The lowest BCUT2D eigenvalue weighted by molar-refractivity contribution is 0.0749. The fraction of sp³-hybridized carbons (Fsp3) is 0.545. The number of carbonyl (C=O) groups excluding carboxylic acids is 1. The summed E-state index contributed by atoms with van der Waals surface area (Å²) >= 11 is 3.32. The van der Waals surface area contributed by atoms with Gasteiger partial charge in [-0.3, -0.25) is 4.79 Å². The summed E-state index contributed by atoms with van der Waals surface area (Å²) in [4.78, 5) is 14.0. The standard InChI is InChI=1S/C11H13BrN2O2.ClH/c12-9-1-2-16-10(9)11(15)14-5-7-3-13-4-8(7)6-14;/h1-2,7-8,13H,3-6H2;1H/t7-,8+;. The first kappa shape index (κ1) is 12.9. The van der Waals surface area contributed by atoms with Crippen LogP contribution in [0.15, 0.2) is 21.2 Å². The Labute approximate surface area is 114 Å². The molecule has 1 aromatic heterocycles. The van der Waals surface area contributed by atoms with Gasteiger partial charge in [0, 0.05) is 26.2 Å². The summed E-state index contributed by atoms with van der Waals surface area (Å²) in [7, 11) is 0. The Morgan fingerprint density at radius 3 is 2.59 bits per heavy atom. The molecule has 2 atom stereocenters. The molecule has 3 heterocycles. The molecule has 0 aliphatic carbocycles. The largest absolute Gasteiger partial charge is 0.458 e. The van der Waals surface area contributed by atoms with Crippen molar-refractivity contribution in [2.45, 2.75) is 0 Å². The molecule has 2 aliphatic heterocycles. The molecule has 17 heavy (non-hydrogen) atoms. The van der Waals surface area contributed by atoms with E-state index in [1.807, 2.05) is 4.90 Å². The summed E-state index contributed by atoms with van der Waals surface area (Å²) < 4.78 is 5.95. The molecular weight excluding hydrogens is 307 g/mol. The van der Waals surface area contributed by atoms with Crippen LogP contribution in [0.2, 0.25) is 0 Å². The van der Waals surface area contributed by atoms with Gasteiger partial charge in [0.25, 0.3) is 5.91 Å². The van der Waals surface area contributed by atoms with Crippen LogP contribution >= 0.6 is 28.3 Å². The first-order chi connectivity index (χ1) is 7.75. The fourth-order valence-electron chi connectivity index (χ4n) is 2.61. The lowest BCUT2D eigenvalue weighted by atomic mass is 10.0. The van der Waals surface area contributed by atoms with Gasteiger partial charge in [0.15, 0.2) is 0 Å². The zero-order chi connectivity index (χ0) is 11.1. The van der Waals surface area contributed by atoms with E-state index in [2.05, 4.69) is 21.2 Å². The highest BCUT2D eigenvalue weighted by atomic mass is 79.9. The number of hydrogen-bond acceptors (Lipinski definition) is 3. The van der Waals surface area contributed by atoms with Crippen molar-refractivity contribution < 1.29 is 9.21 Å². The van der Waals surface area contributed by atoms with E-state index in [0.29, 0.717) is 17.6 Å². The smallest absolute Gasteiger partial charge is 0.290 e. The average Bonchev–Trinajstić information content (AvgIpc) is 2.89. The number of carbonyl (C=O) groups is 1. The molecule has 94 valence electrons.